The summed E-state index contributed by atoms with van der Waals surface area (Å²) in [5.41, 5.74) is 9.08. The van der Waals surface area contributed by atoms with E-state index in [1.807, 2.05) is 26.0 Å². The maximum atomic E-state index is 12.5. The molecule has 2 aliphatic heterocycles. The fourth-order valence-corrected chi connectivity index (χ4v) is 4.71. The van der Waals surface area contributed by atoms with E-state index in [0.29, 0.717) is 25.2 Å². The van der Waals surface area contributed by atoms with Crippen LogP contribution < -0.4 is 25.3 Å². The number of aryl methyl sites for hydroxylation is 2. The lowest BCUT2D eigenvalue weighted by Gasteiger charge is -2.20. The maximum Gasteiger partial charge on any atom is 0.204 e. The second-order valence-electron chi connectivity index (χ2n) is 10.3. The zero-order chi connectivity index (χ0) is 30.7. The quantitative estimate of drug-likeness (QED) is 0.221. The molecular weight excluding hydrogens is 531 g/mol. The van der Waals surface area contributed by atoms with Crippen LogP contribution in [0.15, 0.2) is 60.7 Å². The van der Waals surface area contributed by atoms with E-state index >= 15 is 0 Å². The molecule has 0 spiro atoms. The monoisotopic (exact) mass is 580 g/mol. The number of carbonyl (C=O) groups excluding carboxylic acids is 1. The highest BCUT2D eigenvalue weighted by molar-refractivity contribution is 5.45. The maximum absolute atomic E-state index is 12.5. The first-order chi connectivity index (χ1) is 20.4. The van der Waals surface area contributed by atoms with Crippen LogP contribution in [-0.4, -0.2) is 32.8 Å². The number of hydrogen-bond donors (Lipinski definition) is 2. The van der Waals surface area contributed by atoms with Gasteiger partial charge in [0.05, 0.1) is 6.61 Å². The number of rotatable bonds is 7. The first-order valence-corrected chi connectivity index (χ1v) is 15.2. The third-order valence-electron chi connectivity index (χ3n) is 6.91. The molecule has 0 radical (unpaired) electrons. The largest absolute Gasteiger partial charge is 0.494 e. The molecule has 2 heterocycles. The average Bonchev–Trinajstić information content (AvgIpc) is 3.50. The van der Waals surface area contributed by atoms with E-state index in [1.165, 1.54) is 29.2 Å². The lowest BCUT2D eigenvalue weighted by molar-refractivity contribution is -0.106. The van der Waals surface area contributed by atoms with Gasteiger partial charge in [0.15, 0.2) is 11.5 Å². The fourth-order valence-electron chi connectivity index (χ4n) is 4.71. The molecule has 42 heavy (non-hydrogen) atoms. The topological polar surface area (TPSA) is 82.8 Å². The van der Waals surface area contributed by atoms with Gasteiger partial charge in [0.25, 0.3) is 0 Å². The van der Waals surface area contributed by atoms with Crippen molar-refractivity contribution in [3.63, 3.8) is 0 Å². The molecule has 1 fully saturated rings. The molecule has 3 N–H and O–H groups in total. The summed E-state index contributed by atoms with van der Waals surface area (Å²) >= 11 is 0. The molecule has 2 aliphatic rings. The van der Waals surface area contributed by atoms with Gasteiger partial charge >= 0.3 is 0 Å². The van der Waals surface area contributed by atoms with E-state index in [-0.39, 0.29) is 12.2 Å². The summed E-state index contributed by atoms with van der Waals surface area (Å²) in [6.07, 6.45) is 5.76. The number of ether oxygens (including phenoxy) is 3. The van der Waals surface area contributed by atoms with Crippen LogP contribution in [0.4, 0.5) is 4.39 Å². The van der Waals surface area contributed by atoms with Gasteiger partial charge in [0, 0.05) is 12.6 Å². The molecule has 3 aromatic carbocycles. The molecule has 3 aromatic rings. The molecule has 0 bridgehead atoms. The SMILES string of the molecule is CCC.CCCCOc1ccc(C2CC(c3ccc4c(c3)OCCO4)CN2)cc1.CCc1cc(F)ccc1C.NC=O. The summed E-state index contributed by atoms with van der Waals surface area (Å²) in [7, 11) is 0. The van der Waals surface area contributed by atoms with Gasteiger partial charge in [-0.25, -0.2) is 4.39 Å². The van der Waals surface area contributed by atoms with Crippen LogP contribution in [0.5, 0.6) is 17.2 Å². The number of nitrogens with one attached hydrogen (secondary N) is 1. The molecule has 6 nitrogen and oxygen atoms in total. The van der Waals surface area contributed by atoms with Crippen molar-refractivity contribution in [2.45, 2.75) is 78.7 Å². The average molecular weight is 581 g/mol. The third kappa shape index (κ3) is 11.4. The normalized spacial score (nSPS) is 16.4. The zero-order valence-electron chi connectivity index (χ0n) is 26.0. The van der Waals surface area contributed by atoms with Crippen molar-refractivity contribution in [1.82, 2.24) is 5.32 Å². The van der Waals surface area contributed by atoms with Crippen molar-refractivity contribution >= 4 is 6.41 Å². The first-order valence-electron chi connectivity index (χ1n) is 15.2. The Labute approximate surface area is 251 Å². The van der Waals surface area contributed by atoms with E-state index in [1.54, 1.807) is 6.07 Å². The highest BCUT2D eigenvalue weighted by Gasteiger charge is 2.27. The number of carbonyl (C=O) groups is 1. The Balaban J connectivity index is 0.000000319. The van der Waals surface area contributed by atoms with E-state index in [2.05, 4.69) is 68.2 Å². The number of amides is 1. The minimum Gasteiger partial charge on any atom is -0.494 e. The summed E-state index contributed by atoms with van der Waals surface area (Å²) in [5.74, 6) is 3.06. The second-order valence-corrected chi connectivity index (χ2v) is 10.3. The van der Waals surface area contributed by atoms with Crippen molar-refractivity contribution in [3.8, 4) is 17.2 Å². The fraction of sp³-hybridized carbons (Fsp3) is 0.457. The Hall–Kier alpha value is -3.58. The summed E-state index contributed by atoms with van der Waals surface area (Å²) in [6.45, 7) is 13.5. The standard InChI is InChI=1S/C22H27NO3.C9H11F.C3H8.CH3NO/c1-2-3-10-24-19-7-4-16(5-8-19)20-13-18(15-23-20)17-6-9-21-22(14-17)26-12-11-25-21;1-3-8-6-9(10)5-4-7(8)2;1-3-2;2-1-3/h4-9,14,18,20,23H,2-3,10-13,15H2,1H3;4-6H,3H2,1-2H3;3H2,1-2H3;1H,(H2,2,3). The van der Waals surface area contributed by atoms with Crippen molar-refractivity contribution in [1.29, 1.82) is 0 Å². The molecule has 0 aromatic heterocycles. The molecule has 230 valence electrons. The molecular formula is C35H49FN2O4. The second kappa shape index (κ2) is 19.5. The minimum absolute atomic E-state index is 0.137. The number of unbranched alkanes of at least 4 members (excludes halogenated alkanes) is 1. The van der Waals surface area contributed by atoms with Crippen LogP contribution in [0.3, 0.4) is 0 Å². The van der Waals surface area contributed by atoms with Crippen molar-refractivity contribution < 1.29 is 23.4 Å². The van der Waals surface area contributed by atoms with E-state index in [4.69, 9.17) is 19.0 Å². The van der Waals surface area contributed by atoms with Crippen LogP contribution in [0, 0.1) is 12.7 Å². The molecule has 0 aliphatic carbocycles. The van der Waals surface area contributed by atoms with Gasteiger partial charge in [-0.1, -0.05) is 64.8 Å². The number of primary amides is 1. The van der Waals surface area contributed by atoms with Gasteiger partial charge < -0.3 is 25.3 Å². The minimum atomic E-state index is -0.137. The number of nitrogens with two attached hydrogens (primary N) is 1. The van der Waals surface area contributed by atoms with Crippen molar-refractivity contribution in [2.75, 3.05) is 26.4 Å². The number of hydrogen-bond acceptors (Lipinski definition) is 5. The highest BCUT2D eigenvalue weighted by atomic mass is 19.1. The number of halogens is 1. The Bertz CT molecular complexity index is 1190. The summed E-state index contributed by atoms with van der Waals surface area (Å²) < 4.78 is 29.6. The Kier molecular flexibility index (Phi) is 16.1. The Morgan fingerprint density at radius 1 is 0.952 bits per heavy atom. The Morgan fingerprint density at radius 2 is 1.60 bits per heavy atom. The number of fused-ring (bicyclic) bond motifs is 1. The first kappa shape index (κ1) is 34.6. The summed E-state index contributed by atoms with van der Waals surface area (Å²) in [6, 6.07) is 20.2. The van der Waals surface area contributed by atoms with Gasteiger partial charge in [-0.15, -0.1) is 0 Å². The van der Waals surface area contributed by atoms with Gasteiger partial charge in [-0.05, 0) is 90.8 Å². The highest BCUT2D eigenvalue weighted by Crippen LogP contribution is 2.38. The van der Waals surface area contributed by atoms with E-state index in [0.717, 1.165) is 61.6 Å². The van der Waals surface area contributed by atoms with Gasteiger partial charge in [0.2, 0.25) is 6.41 Å². The van der Waals surface area contributed by atoms with E-state index in [9.17, 15) is 4.39 Å². The van der Waals surface area contributed by atoms with Crippen LogP contribution in [0.2, 0.25) is 0 Å². The molecule has 1 saturated heterocycles. The molecule has 7 heteroatoms. The van der Waals surface area contributed by atoms with Crippen molar-refractivity contribution in [2.24, 2.45) is 5.73 Å². The smallest absolute Gasteiger partial charge is 0.204 e. The van der Waals surface area contributed by atoms with Crippen LogP contribution in [0.1, 0.15) is 87.6 Å². The van der Waals surface area contributed by atoms with Gasteiger partial charge in [0.1, 0.15) is 24.8 Å². The number of benzene rings is 3. The molecule has 2 atom stereocenters. The summed E-state index contributed by atoms with van der Waals surface area (Å²) in [5, 5.41) is 3.66. The zero-order valence-corrected chi connectivity index (χ0v) is 26.0. The van der Waals surface area contributed by atoms with Crippen LogP contribution in [-0.2, 0) is 11.2 Å². The van der Waals surface area contributed by atoms with Gasteiger partial charge in [-0.2, -0.15) is 0 Å². The molecule has 5 rings (SSSR count). The molecule has 1 amide bonds. The van der Waals surface area contributed by atoms with Crippen LogP contribution >= 0.6 is 0 Å². The predicted molar refractivity (Wildman–Crippen MR) is 169 cm³/mol. The Morgan fingerprint density at radius 3 is 2.21 bits per heavy atom. The summed E-state index contributed by atoms with van der Waals surface area (Å²) in [4.78, 5) is 8.58. The van der Waals surface area contributed by atoms with Gasteiger partial charge in [-0.3, -0.25) is 4.79 Å². The lowest BCUT2D eigenvalue weighted by atomic mass is 9.93. The van der Waals surface area contributed by atoms with Crippen LogP contribution in [0.25, 0.3) is 0 Å². The molecule has 0 saturated carbocycles. The predicted octanol–water partition coefficient (Wildman–Crippen LogP) is 7.67. The molecule has 2 unspecified atom stereocenters. The third-order valence-corrected chi connectivity index (χ3v) is 6.91. The van der Waals surface area contributed by atoms with Crippen molar-refractivity contribution in [3.05, 3.63) is 88.7 Å². The van der Waals surface area contributed by atoms with E-state index < -0.39 is 0 Å². The lowest BCUT2D eigenvalue weighted by Crippen LogP contribution is -2.16.